The van der Waals surface area contributed by atoms with E-state index in [-0.39, 0.29) is 11.9 Å². The summed E-state index contributed by atoms with van der Waals surface area (Å²) in [5.41, 5.74) is 0. The predicted molar refractivity (Wildman–Crippen MR) is 74.1 cm³/mol. The fourth-order valence-electron chi connectivity index (χ4n) is 2.08. The molecule has 1 aromatic rings. The first-order valence-electron chi connectivity index (χ1n) is 5.88. The molecule has 1 atom stereocenters. The summed E-state index contributed by atoms with van der Waals surface area (Å²) < 4.78 is 1.09. The number of hydrogen-bond acceptors (Lipinski definition) is 3. The van der Waals surface area contributed by atoms with Gasteiger partial charge in [0.2, 0.25) is 5.91 Å². The summed E-state index contributed by atoms with van der Waals surface area (Å²) in [5.74, 6) is 0.217. The third-order valence-corrected chi connectivity index (χ3v) is 4.68. The Labute approximate surface area is 114 Å². The van der Waals surface area contributed by atoms with Crippen LogP contribution in [0.1, 0.15) is 24.1 Å². The number of likely N-dealkylation sites (N-methyl/N-ethyl adjacent to an activating group) is 1. The number of halogens is 1. The van der Waals surface area contributed by atoms with E-state index in [9.17, 15) is 4.79 Å². The molecule has 17 heavy (non-hydrogen) atoms. The molecule has 2 rings (SSSR count). The molecule has 3 nitrogen and oxygen atoms in total. The number of thiophene rings is 1. The number of piperidine rings is 1. The smallest absolute Gasteiger partial charge is 0.239 e. The Morgan fingerprint density at radius 2 is 2.47 bits per heavy atom. The molecule has 1 aromatic heterocycles. The predicted octanol–water partition coefficient (Wildman–Crippen LogP) is 2.61. The van der Waals surface area contributed by atoms with Crippen LogP contribution in [0.2, 0.25) is 0 Å². The van der Waals surface area contributed by atoms with Crippen molar-refractivity contribution < 1.29 is 4.79 Å². The molecule has 0 bridgehead atoms. The van der Waals surface area contributed by atoms with Crippen LogP contribution < -0.4 is 5.32 Å². The SMILES string of the molecule is CN(Cc1cc(Br)cs1)C(=O)C1CCCCN1. The van der Waals surface area contributed by atoms with Crippen molar-refractivity contribution in [2.45, 2.75) is 31.8 Å². The maximum Gasteiger partial charge on any atom is 0.239 e. The van der Waals surface area contributed by atoms with Crippen molar-refractivity contribution in [1.82, 2.24) is 10.2 Å². The minimum atomic E-state index is 0.0251. The van der Waals surface area contributed by atoms with Crippen LogP contribution in [0.15, 0.2) is 15.9 Å². The quantitative estimate of drug-likeness (QED) is 0.929. The molecular weight excluding hydrogens is 300 g/mol. The first-order chi connectivity index (χ1) is 8.16. The van der Waals surface area contributed by atoms with Gasteiger partial charge >= 0.3 is 0 Å². The average molecular weight is 317 g/mol. The second-order valence-electron chi connectivity index (χ2n) is 4.43. The second kappa shape index (κ2) is 5.98. The lowest BCUT2D eigenvalue weighted by Gasteiger charge is -2.27. The van der Waals surface area contributed by atoms with Crippen LogP contribution in [0.3, 0.4) is 0 Å². The largest absolute Gasteiger partial charge is 0.339 e. The van der Waals surface area contributed by atoms with Gasteiger partial charge in [-0.3, -0.25) is 4.79 Å². The molecular formula is C12H17BrN2OS. The Kier molecular flexibility index (Phi) is 4.59. The molecule has 0 radical (unpaired) electrons. The number of nitrogens with one attached hydrogen (secondary N) is 1. The molecule has 94 valence electrons. The number of carbonyl (C=O) groups is 1. The Morgan fingerprint density at radius 1 is 1.65 bits per heavy atom. The topological polar surface area (TPSA) is 32.3 Å². The van der Waals surface area contributed by atoms with E-state index < -0.39 is 0 Å². The molecule has 1 amide bonds. The van der Waals surface area contributed by atoms with Crippen molar-refractivity contribution in [3.05, 3.63) is 20.8 Å². The van der Waals surface area contributed by atoms with Crippen LogP contribution in [0, 0.1) is 0 Å². The molecule has 1 unspecified atom stereocenters. The number of amides is 1. The molecule has 0 aliphatic carbocycles. The van der Waals surface area contributed by atoms with Gasteiger partial charge in [0.15, 0.2) is 0 Å². The van der Waals surface area contributed by atoms with Gasteiger partial charge in [0.1, 0.15) is 0 Å². The Hall–Kier alpha value is -0.390. The fourth-order valence-corrected chi connectivity index (χ4v) is 3.58. The lowest BCUT2D eigenvalue weighted by molar-refractivity contribution is -0.133. The van der Waals surface area contributed by atoms with Crippen LogP contribution in [-0.2, 0) is 11.3 Å². The molecule has 0 saturated carbocycles. The molecule has 1 aliphatic heterocycles. The van der Waals surface area contributed by atoms with E-state index in [1.165, 1.54) is 11.3 Å². The zero-order valence-electron chi connectivity index (χ0n) is 9.91. The summed E-state index contributed by atoms with van der Waals surface area (Å²) >= 11 is 5.11. The molecule has 1 N–H and O–H groups in total. The van der Waals surface area contributed by atoms with Crippen LogP contribution in [-0.4, -0.2) is 30.4 Å². The van der Waals surface area contributed by atoms with Crippen LogP contribution in [0.25, 0.3) is 0 Å². The van der Waals surface area contributed by atoms with E-state index in [1.807, 2.05) is 17.3 Å². The van der Waals surface area contributed by atoms with Crippen molar-refractivity contribution in [3.63, 3.8) is 0 Å². The zero-order chi connectivity index (χ0) is 12.3. The van der Waals surface area contributed by atoms with Crippen molar-refractivity contribution in [2.24, 2.45) is 0 Å². The maximum absolute atomic E-state index is 12.2. The monoisotopic (exact) mass is 316 g/mol. The fraction of sp³-hybridized carbons (Fsp3) is 0.583. The summed E-state index contributed by atoms with van der Waals surface area (Å²) in [4.78, 5) is 15.2. The lowest BCUT2D eigenvalue weighted by atomic mass is 10.0. The van der Waals surface area contributed by atoms with Gasteiger partial charge in [0, 0.05) is 21.8 Å². The van der Waals surface area contributed by atoms with Gasteiger partial charge in [-0.05, 0) is 41.4 Å². The molecule has 2 heterocycles. The number of carbonyl (C=O) groups excluding carboxylic acids is 1. The van der Waals surface area contributed by atoms with Gasteiger partial charge in [-0.15, -0.1) is 11.3 Å². The van der Waals surface area contributed by atoms with E-state index in [2.05, 4.69) is 27.3 Å². The van der Waals surface area contributed by atoms with Crippen LogP contribution in [0.5, 0.6) is 0 Å². The second-order valence-corrected chi connectivity index (χ2v) is 6.34. The van der Waals surface area contributed by atoms with Gasteiger partial charge in [-0.2, -0.15) is 0 Å². The minimum absolute atomic E-state index is 0.0251. The summed E-state index contributed by atoms with van der Waals surface area (Å²) in [7, 11) is 1.88. The normalized spacial score (nSPS) is 20.2. The summed E-state index contributed by atoms with van der Waals surface area (Å²) in [6, 6.07) is 2.10. The van der Waals surface area contributed by atoms with E-state index >= 15 is 0 Å². The van der Waals surface area contributed by atoms with E-state index in [0.29, 0.717) is 6.54 Å². The number of rotatable bonds is 3. The lowest BCUT2D eigenvalue weighted by Crippen LogP contribution is -2.46. The van der Waals surface area contributed by atoms with E-state index in [1.54, 1.807) is 11.3 Å². The first kappa shape index (κ1) is 13.1. The highest BCUT2D eigenvalue weighted by molar-refractivity contribution is 9.10. The Balaban J connectivity index is 1.90. The van der Waals surface area contributed by atoms with Gasteiger partial charge in [0.25, 0.3) is 0 Å². The van der Waals surface area contributed by atoms with Gasteiger partial charge in [-0.1, -0.05) is 6.42 Å². The summed E-state index contributed by atoms with van der Waals surface area (Å²) in [6.07, 6.45) is 3.31. The molecule has 5 heteroatoms. The zero-order valence-corrected chi connectivity index (χ0v) is 12.3. The van der Waals surface area contributed by atoms with Crippen molar-refractivity contribution in [1.29, 1.82) is 0 Å². The van der Waals surface area contributed by atoms with E-state index in [4.69, 9.17) is 0 Å². The van der Waals surface area contributed by atoms with Crippen LogP contribution in [0.4, 0.5) is 0 Å². The van der Waals surface area contributed by atoms with Gasteiger partial charge in [0.05, 0.1) is 12.6 Å². The summed E-state index contributed by atoms with van der Waals surface area (Å²) in [5, 5.41) is 5.34. The minimum Gasteiger partial charge on any atom is -0.339 e. The molecule has 0 spiro atoms. The summed E-state index contributed by atoms with van der Waals surface area (Å²) in [6.45, 7) is 1.67. The Bertz CT molecular complexity index is 388. The number of nitrogens with zero attached hydrogens (tertiary/aromatic N) is 1. The van der Waals surface area contributed by atoms with Gasteiger partial charge < -0.3 is 10.2 Å². The molecule has 0 aromatic carbocycles. The number of hydrogen-bond donors (Lipinski definition) is 1. The molecule has 1 fully saturated rings. The third-order valence-electron chi connectivity index (χ3n) is 3.00. The molecule has 1 aliphatic rings. The average Bonchev–Trinajstić information content (AvgIpc) is 2.75. The standard InChI is InChI=1S/C12H17BrN2OS/c1-15(7-10-6-9(13)8-17-10)12(16)11-4-2-3-5-14-11/h6,8,11,14H,2-5,7H2,1H3. The van der Waals surface area contributed by atoms with Crippen molar-refractivity contribution in [2.75, 3.05) is 13.6 Å². The van der Waals surface area contributed by atoms with Gasteiger partial charge in [-0.25, -0.2) is 0 Å². The Morgan fingerprint density at radius 3 is 3.06 bits per heavy atom. The molecule has 1 saturated heterocycles. The third kappa shape index (κ3) is 3.53. The first-order valence-corrected chi connectivity index (χ1v) is 7.55. The van der Waals surface area contributed by atoms with Crippen molar-refractivity contribution >= 4 is 33.2 Å². The van der Waals surface area contributed by atoms with Crippen LogP contribution >= 0.6 is 27.3 Å². The van der Waals surface area contributed by atoms with E-state index in [0.717, 1.165) is 23.9 Å². The highest BCUT2D eigenvalue weighted by Gasteiger charge is 2.23. The highest BCUT2D eigenvalue weighted by atomic mass is 79.9. The maximum atomic E-state index is 12.2. The van der Waals surface area contributed by atoms with Crippen molar-refractivity contribution in [3.8, 4) is 0 Å². The highest BCUT2D eigenvalue weighted by Crippen LogP contribution is 2.21.